The maximum absolute atomic E-state index is 12.8. The summed E-state index contributed by atoms with van der Waals surface area (Å²) in [4.78, 5) is 32.5. The molecule has 2 aromatic rings. The van der Waals surface area contributed by atoms with E-state index in [9.17, 15) is 14.7 Å². The maximum Gasteiger partial charge on any atom is 0.337 e. The lowest BCUT2D eigenvalue weighted by molar-refractivity contribution is 0.0695. The summed E-state index contributed by atoms with van der Waals surface area (Å²) in [7, 11) is 4.64. The van der Waals surface area contributed by atoms with Crippen LogP contribution in [0.5, 0.6) is 17.4 Å². The molecule has 0 radical (unpaired) electrons. The summed E-state index contributed by atoms with van der Waals surface area (Å²) in [6.07, 6.45) is 0.434. The largest absolute Gasteiger partial charge is 0.497 e. The molecule has 1 saturated heterocycles. The van der Waals surface area contributed by atoms with E-state index in [1.54, 1.807) is 19.1 Å². The van der Waals surface area contributed by atoms with Gasteiger partial charge in [0.2, 0.25) is 5.88 Å². The van der Waals surface area contributed by atoms with Crippen LogP contribution in [-0.4, -0.2) is 74.5 Å². The third-order valence-electron chi connectivity index (χ3n) is 5.33. The zero-order valence-electron chi connectivity index (χ0n) is 18.7. The van der Waals surface area contributed by atoms with E-state index in [1.807, 2.05) is 25.1 Å². The van der Waals surface area contributed by atoms with Gasteiger partial charge in [-0.15, -0.1) is 0 Å². The van der Waals surface area contributed by atoms with Crippen molar-refractivity contribution in [2.24, 2.45) is 0 Å². The second-order valence-electron chi connectivity index (χ2n) is 7.17. The number of ether oxygens (including phenoxy) is 3. The monoisotopic (exact) mass is 444 g/mol. The van der Waals surface area contributed by atoms with Gasteiger partial charge in [0.05, 0.1) is 32.6 Å². The third-order valence-corrected chi connectivity index (χ3v) is 5.33. The smallest absolute Gasteiger partial charge is 0.337 e. The van der Waals surface area contributed by atoms with Gasteiger partial charge >= 0.3 is 12.0 Å². The molecule has 0 aliphatic carbocycles. The van der Waals surface area contributed by atoms with Crippen LogP contribution in [0.1, 0.15) is 23.0 Å². The molecule has 10 nitrogen and oxygen atoms in total. The Balaban J connectivity index is 1.70. The summed E-state index contributed by atoms with van der Waals surface area (Å²) in [5, 5.41) is 12.2. The molecule has 2 heterocycles. The van der Waals surface area contributed by atoms with Crippen molar-refractivity contribution in [2.45, 2.75) is 13.3 Å². The lowest BCUT2D eigenvalue weighted by Gasteiger charge is -2.36. The number of hydrogen-bond acceptors (Lipinski definition) is 7. The average Bonchev–Trinajstić information content (AvgIpc) is 2.83. The average molecular weight is 444 g/mol. The number of benzene rings is 1. The minimum Gasteiger partial charge on any atom is -0.497 e. The fraction of sp³-hybridized carbons (Fsp3) is 0.409. The molecule has 1 aromatic carbocycles. The van der Waals surface area contributed by atoms with Crippen LogP contribution in [0.4, 0.5) is 16.2 Å². The molecular weight excluding hydrogens is 416 g/mol. The number of pyridine rings is 1. The van der Waals surface area contributed by atoms with E-state index in [0.29, 0.717) is 49.8 Å². The van der Waals surface area contributed by atoms with Gasteiger partial charge in [-0.05, 0) is 12.5 Å². The molecule has 1 fully saturated rings. The topological polar surface area (TPSA) is 113 Å². The Morgan fingerprint density at radius 1 is 1.00 bits per heavy atom. The second-order valence-corrected chi connectivity index (χ2v) is 7.17. The minimum atomic E-state index is -1.10. The number of aryl methyl sites for hydroxylation is 1. The van der Waals surface area contributed by atoms with Crippen molar-refractivity contribution in [3.05, 3.63) is 35.5 Å². The fourth-order valence-corrected chi connectivity index (χ4v) is 3.57. The molecule has 1 aliphatic heterocycles. The first-order chi connectivity index (χ1) is 15.4. The van der Waals surface area contributed by atoms with Gasteiger partial charge in [-0.1, -0.05) is 6.92 Å². The van der Waals surface area contributed by atoms with Crippen molar-refractivity contribution < 1.29 is 28.9 Å². The highest BCUT2D eigenvalue weighted by molar-refractivity contribution is 5.95. The highest BCUT2D eigenvalue weighted by Crippen LogP contribution is 2.30. The van der Waals surface area contributed by atoms with Crippen LogP contribution >= 0.6 is 0 Å². The van der Waals surface area contributed by atoms with E-state index in [4.69, 9.17) is 14.2 Å². The van der Waals surface area contributed by atoms with Crippen molar-refractivity contribution in [2.75, 3.05) is 57.7 Å². The van der Waals surface area contributed by atoms with E-state index in [0.717, 1.165) is 5.69 Å². The number of aromatic nitrogens is 1. The molecule has 2 amide bonds. The first kappa shape index (κ1) is 23.0. The van der Waals surface area contributed by atoms with Crippen LogP contribution in [0.2, 0.25) is 0 Å². The molecular formula is C22H28N4O6. The van der Waals surface area contributed by atoms with Crippen molar-refractivity contribution in [1.82, 2.24) is 9.88 Å². The van der Waals surface area contributed by atoms with Crippen molar-refractivity contribution in [3.63, 3.8) is 0 Å². The number of hydrogen-bond donors (Lipinski definition) is 2. The summed E-state index contributed by atoms with van der Waals surface area (Å²) in [6, 6.07) is 6.72. The minimum absolute atomic E-state index is 0.0420. The highest BCUT2D eigenvalue weighted by atomic mass is 16.5. The number of methoxy groups -OCH3 is 3. The number of urea groups is 1. The van der Waals surface area contributed by atoms with Gasteiger partial charge in [0, 0.05) is 50.1 Å². The first-order valence-electron chi connectivity index (χ1n) is 10.2. The molecule has 0 atom stereocenters. The number of carboxylic acid groups (broad SMARTS) is 1. The molecule has 0 unspecified atom stereocenters. The van der Waals surface area contributed by atoms with Gasteiger partial charge in [-0.25, -0.2) is 14.6 Å². The van der Waals surface area contributed by atoms with Crippen LogP contribution in [0.15, 0.2) is 24.3 Å². The molecule has 172 valence electrons. The fourth-order valence-electron chi connectivity index (χ4n) is 3.57. The number of anilines is 2. The number of nitrogens with one attached hydrogen (secondary N) is 1. The van der Waals surface area contributed by atoms with E-state index in [-0.39, 0.29) is 23.2 Å². The molecule has 2 N–H and O–H groups in total. The SMILES string of the molecule is CCc1nc(OC)c(NC(=O)N2CCN(c3cc(OC)cc(OC)c3)CC2)cc1C(=O)O. The Morgan fingerprint density at radius 3 is 2.12 bits per heavy atom. The van der Waals surface area contributed by atoms with E-state index in [2.05, 4.69) is 15.2 Å². The predicted molar refractivity (Wildman–Crippen MR) is 119 cm³/mol. The molecule has 0 bridgehead atoms. The number of nitrogens with zero attached hydrogens (tertiary/aromatic N) is 3. The highest BCUT2D eigenvalue weighted by Gasteiger charge is 2.24. The number of carboxylic acids is 1. The van der Waals surface area contributed by atoms with E-state index >= 15 is 0 Å². The van der Waals surface area contributed by atoms with Crippen LogP contribution in [0.3, 0.4) is 0 Å². The van der Waals surface area contributed by atoms with Crippen LogP contribution in [-0.2, 0) is 6.42 Å². The lowest BCUT2D eigenvalue weighted by Crippen LogP contribution is -2.50. The Labute approximate surface area is 186 Å². The third kappa shape index (κ3) is 4.96. The number of piperazine rings is 1. The van der Waals surface area contributed by atoms with Gasteiger partial charge in [0.1, 0.15) is 17.2 Å². The van der Waals surface area contributed by atoms with Crippen LogP contribution < -0.4 is 24.4 Å². The van der Waals surface area contributed by atoms with Crippen molar-refractivity contribution >= 4 is 23.4 Å². The Hall–Kier alpha value is -3.69. The zero-order valence-corrected chi connectivity index (χ0v) is 18.7. The molecule has 32 heavy (non-hydrogen) atoms. The standard InChI is InChI=1S/C22H28N4O6/c1-5-18-17(21(27)28)13-19(20(23-18)32-4)24-22(29)26-8-6-25(7-9-26)14-10-15(30-2)12-16(11-14)31-3/h10-13H,5-9H2,1-4H3,(H,24,29)(H,27,28). The number of amides is 2. The lowest BCUT2D eigenvalue weighted by atomic mass is 10.1. The predicted octanol–water partition coefficient (Wildman–Crippen LogP) is 2.72. The molecule has 0 saturated carbocycles. The number of rotatable bonds is 7. The molecule has 10 heteroatoms. The van der Waals surface area contributed by atoms with Gasteiger partial charge in [-0.2, -0.15) is 0 Å². The number of carbonyl (C=O) groups excluding carboxylic acids is 1. The summed E-state index contributed by atoms with van der Waals surface area (Å²) in [6.45, 7) is 4.02. The quantitative estimate of drug-likeness (QED) is 0.670. The van der Waals surface area contributed by atoms with Gasteiger partial charge in [0.25, 0.3) is 0 Å². The van der Waals surface area contributed by atoms with Crippen LogP contribution in [0, 0.1) is 0 Å². The Kier molecular flexibility index (Phi) is 7.24. The van der Waals surface area contributed by atoms with E-state index in [1.165, 1.54) is 13.2 Å². The van der Waals surface area contributed by atoms with Crippen molar-refractivity contribution in [3.8, 4) is 17.4 Å². The summed E-state index contributed by atoms with van der Waals surface area (Å²) in [5.41, 5.74) is 1.62. The number of carbonyl (C=O) groups is 2. The second kappa shape index (κ2) is 10.1. The molecule has 3 rings (SSSR count). The van der Waals surface area contributed by atoms with Gasteiger partial charge in [0.15, 0.2) is 0 Å². The Morgan fingerprint density at radius 2 is 1.62 bits per heavy atom. The van der Waals surface area contributed by atoms with Gasteiger partial charge in [-0.3, -0.25) is 0 Å². The van der Waals surface area contributed by atoms with Gasteiger partial charge < -0.3 is 34.4 Å². The van der Waals surface area contributed by atoms with Crippen molar-refractivity contribution in [1.29, 1.82) is 0 Å². The Bertz CT molecular complexity index is 966. The van der Waals surface area contributed by atoms with Crippen LogP contribution in [0.25, 0.3) is 0 Å². The summed E-state index contributed by atoms with van der Waals surface area (Å²) in [5.74, 6) is 0.477. The zero-order chi connectivity index (χ0) is 23.3. The molecule has 0 spiro atoms. The molecule has 1 aliphatic rings. The summed E-state index contributed by atoms with van der Waals surface area (Å²) >= 11 is 0. The van der Waals surface area contributed by atoms with E-state index < -0.39 is 5.97 Å². The molecule has 1 aromatic heterocycles. The summed E-state index contributed by atoms with van der Waals surface area (Å²) < 4.78 is 15.9. The maximum atomic E-state index is 12.8. The number of aromatic carboxylic acids is 1. The normalized spacial score (nSPS) is 13.5. The first-order valence-corrected chi connectivity index (χ1v) is 10.2.